The lowest BCUT2D eigenvalue weighted by molar-refractivity contribution is 0.397. The molecule has 0 aliphatic rings. The van der Waals surface area contributed by atoms with Crippen molar-refractivity contribution in [3.8, 4) is 5.88 Å². The van der Waals surface area contributed by atoms with Crippen LogP contribution in [0, 0.1) is 6.92 Å². The SMILES string of the molecule is COc1cc(C)nc(NCCc2ccnn2C)n1. The number of aryl methyl sites for hydroxylation is 2. The summed E-state index contributed by atoms with van der Waals surface area (Å²) in [6.07, 6.45) is 2.66. The summed E-state index contributed by atoms with van der Waals surface area (Å²) in [6, 6.07) is 3.80. The molecule has 1 N–H and O–H groups in total. The first-order valence-corrected chi connectivity index (χ1v) is 5.79. The van der Waals surface area contributed by atoms with Gasteiger partial charge in [0, 0.05) is 43.7 Å². The van der Waals surface area contributed by atoms with E-state index >= 15 is 0 Å². The summed E-state index contributed by atoms with van der Waals surface area (Å²) in [5.74, 6) is 1.17. The maximum absolute atomic E-state index is 5.10. The first-order chi connectivity index (χ1) is 8.69. The van der Waals surface area contributed by atoms with Gasteiger partial charge in [0.1, 0.15) is 0 Å². The van der Waals surface area contributed by atoms with Crippen LogP contribution in [0.3, 0.4) is 0 Å². The Balaban J connectivity index is 1.94. The number of hydrogen-bond acceptors (Lipinski definition) is 5. The van der Waals surface area contributed by atoms with E-state index in [1.807, 2.05) is 24.7 Å². The fourth-order valence-corrected chi connectivity index (χ4v) is 1.67. The molecule has 2 rings (SSSR count). The smallest absolute Gasteiger partial charge is 0.226 e. The highest BCUT2D eigenvalue weighted by Crippen LogP contribution is 2.11. The van der Waals surface area contributed by atoms with Crippen molar-refractivity contribution in [2.24, 2.45) is 7.05 Å². The zero-order chi connectivity index (χ0) is 13.0. The quantitative estimate of drug-likeness (QED) is 0.859. The molecule has 0 unspecified atom stereocenters. The molecule has 2 aromatic rings. The average Bonchev–Trinajstić information content (AvgIpc) is 2.74. The molecule has 2 aromatic heterocycles. The normalized spacial score (nSPS) is 10.4. The van der Waals surface area contributed by atoms with Gasteiger partial charge in [-0.1, -0.05) is 0 Å². The number of aromatic nitrogens is 4. The summed E-state index contributed by atoms with van der Waals surface area (Å²) in [5, 5.41) is 7.30. The monoisotopic (exact) mass is 247 g/mol. The van der Waals surface area contributed by atoms with Crippen molar-refractivity contribution in [3.63, 3.8) is 0 Å². The fourth-order valence-electron chi connectivity index (χ4n) is 1.67. The van der Waals surface area contributed by atoms with E-state index < -0.39 is 0 Å². The van der Waals surface area contributed by atoms with Gasteiger partial charge in [-0.15, -0.1) is 0 Å². The van der Waals surface area contributed by atoms with Crippen LogP contribution >= 0.6 is 0 Å². The molecule has 6 nitrogen and oxygen atoms in total. The molecule has 2 heterocycles. The second-order valence-electron chi connectivity index (χ2n) is 4.00. The number of rotatable bonds is 5. The van der Waals surface area contributed by atoms with Gasteiger partial charge in [0.05, 0.1) is 7.11 Å². The third-order valence-electron chi connectivity index (χ3n) is 2.63. The number of nitrogens with zero attached hydrogens (tertiary/aromatic N) is 4. The van der Waals surface area contributed by atoms with Crippen LogP contribution in [0.5, 0.6) is 5.88 Å². The number of hydrogen-bond donors (Lipinski definition) is 1. The summed E-state index contributed by atoms with van der Waals surface area (Å²) >= 11 is 0. The van der Waals surface area contributed by atoms with Crippen molar-refractivity contribution in [2.45, 2.75) is 13.3 Å². The molecule has 0 fully saturated rings. The number of nitrogens with one attached hydrogen (secondary N) is 1. The molecule has 6 heteroatoms. The third-order valence-corrected chi connectivity index (χ3v) is 2.63. The Labute approximate surface area is 106 Å². The van der Waals surface area contributed by atoms with E-state index in [1.54, 1.807) is 19.4 Å². The second kappa shape index (κ2) is 5.48. The van der Waals surface area contributed by atoms with Crippen molar-refractivity contribution >= 4 is 5.95 Å². The topological polar surface area (TPSA) is 64.9 Å². The highest BCUT2D eigenvalue weighted by atomic mass is 16.5. The van der Waals surface area contributed by atoms with Gasteiger partial charge >= 0.3 is 0 Å². The Hall–Kier alpha value is -2.11. The van der Waals surface area contributed by atoms with E-state index in [0.717, 1.165) is 18.7 Å². The molecular formula is C12H17N5O. The highest BCUT2D eigenvalue weighted by molar-refractivity contribution is 5.30. The Morgan fingerprint density at radius 1 is 1.39 bits per heavy atom. The fraction of sp³-hybridized carbons (Fsp3) is 0.417. The molecule has 0 saturated heterocycles. The zero-order valence-electron chi connectivity index (χ0n) is 10.8. The molecule has 0 atom stereocenters. The largest absolute Gasteiger partial charge is 0.481 e. The van der Waals surface area contributed by atoms with Crippen LogP contribution < -0.4 is 10.1 Å². The molecule has 0 bridgehead atoms. The Bertz CT molecular complexity index is 523. The van der Waals surface area contributed by atoms with Gasteiger partial charge in [0.25, 0.3) is 0 Å². The first-order valence-electron chi connectivity index (χ1n) is 5.79. The minimum atomic E-state index is 0.575. The van der Waals surface area contributed by atoms with Crippen molar-refractivity contribution in [1.29, 1.82) is 0 Å². The van der Waals surface area contributed by atoms with Gasteiger partial charge in [-0.3, -0.25) is 4.68 Å². The van der Waals surface area contributed by atoms with Gasteiger partial charge in [-0.25, -0.2) is 4.98 Å². The van der Waals surface area contributed by atoms with Crippen LogP contribution in [0.15, 0.2) is 18.3 Å². The van der Waals surface area contributed by atoms with E-state index in [1.165, 1.54) is 5.69 Å². The van der Waals surface area contributed by atoms with Gasteiger partial charge in [-0.05, 0) is 13.0 Å². The zero-order valence-corrected chi connectivity index (χ0v) is 10.8. The second-order valence-corrected chi connectivity index (χ2v) is 4.00. The summed E-state index contributed by atoms with van der Waals surface area (Å²) in [7, 11) is 3.53. The van der Waals surface area contributed by atoms with Crippen LogP contribution in [-0.4, -0.2) is 33.4 Å². The first kappa shape index (κ1) is 12.3. The lowest BCUT2D eigenvalue weighted by atomic mass is 10.3. The molecule has 0 aromatic carbocycles. The molecule has 96 valence electrons. The van der Waals surface area contributed by atoms with Crippen LogP contribution in [-0.2, 0) is 13.5 Å². The molecular weight excluding hydrogens is 230 g/mol. The van der Waals surface area contributed by atoms with Crippen molar-refractivity contribution in [1.82, 2.24) is 19.7 Å². The van der Waals surface area contributed by atoms with E-state index in [-0.39, 0.29) is 0 Å². The van der Waals surface area contributed by atoms with Crippen LogP contribution in [0.25, 0.3) is 0 Å². The molecule has 0 aliphatic heterocycles. The minimum absolute atomic E-state index is 0.575. The Kier molecular flexibility index (Phi) is 3.76. The van der Waals surface area contributed by atoms with E-state index in [9.17, 15) is 0 Å². The maximum Gasteiger partial charge on any atom is 0.226 e. The lowest BCUT2D eigenvalue weighted by Gasteiger charge is -2.07. The van der Waals surface area contributed by atoms with Crippen molar-refractivity contribution in [3.05, 3.63) is 29.7 Å². The highest BCUT2D eigenvalue weighted by Gasteiger charge is 2.03. The summed E-state index contributed by atoms with van der Waals surface area (Å²) in [5.41, 5.74) is 2.05. The van der Waals surface area contributed by atoms with Crippen molar-refractivity contribution < 1.29 is 4.74 Å². The molecule has 18 heavy (non-hydrogen) atoms. The van der Waals surface area contributed by atoms with Gasteiger partial charge in [0.15, 0.2) is 0 Å². The number of ether oxygens (including phenoxy) is 1. The van der Waals surface area contributed by atoms with Gasteiger partial charge in [0.2, 0.25) is 11.8 Å². The Morgan fingerprint density at radius 2 is 2.22 bits per heavy atom. The molecule has 0 spiro atoms. The van der Waals surface area contributed by atoms with E-state index in [4.69, 9.17) is 4.74 Å². The van der Waals surface area contributed by atoms with Crippen molar-refractivity contribution in [2.75, 3.05) is 19.0 Å². The number of methoxy groups -OCH3 is 1. The molecule has 0 radical (unpaired) electrons. The lowest BCUT2D eigenvalue weighted by Crippen LogP contribution is -2.11. The average molecular weight is 247 g/mol. The van der Waals surface area contributed by atoms with Crippen LogP contribution in [0.4, 0.5) is 5.95 Å². The number of anilines is 1. The van der Waals surface area contributed by atoms with Crippen LogP contribution in [0.1, 0.15) is 11.4 Å². The summed E-state index contributed by atoms with van der Waals surface area (Å²) in [4.78, 5) is 8.52. The maximum atomic E-state index is 5.10. The minimum Gasteiger partial charge on any atom is -0.481 e. The van der Waals surface area contributed by atoms with E-state index in [2.05, 4.69) is 20.4 Å². The predicted octanol–water partition coefficient (Wildman–Crippen LogP) is 1.18. The predicted molar refractivity (Wildman–Crippen MR) is 68.7 cm³/mol. The van der Waals surface area contributed by atoms with E-state index in [0.29, 0.717) is 11.8 Å². The molecule has 0 saturated carbocycles. The third kappa shape index (κ3) is 2.97. The summed E-state index contributed by atoms with van der Waals surface area (Å²) in [6.45, 7) is 2.67. The Morgan fingerprint density at radius 3 is 2.89 bits per heavy atom. The van der Waals surface area contributed by atoms with Crippen LogP contribution in [0.2, 0.25) is 0 Å². The summed E-state index contributed by atoms with van der Waals surface area (Å²) < 4.78 is 6.96. The molecule has 0 amide bonds. The molecule has 0 aliphatic carbocycles. The van der Waals surface area contributed by atoms with Gasteiger partial charge in [-0.2, -0.15) is 10.1 Å². The standard InChI is InChI=1S/C12H17N5O/c1-9-8-11(18-3)16-12(15-9)13-6-4-10-5-7-14-17(10)2/h5,7-8H,4,6H2,1-3H3,(H,13,15,16). The van der Waals surface area contributed by atoms with Gasteiger partial charge < -0.3 is 10.1 Å².